The Morgan fingerprint density at radius 2 is 2.00 bits per heavy atom. The van der Waals surface area contributed by atoms with E-state index in [1.54, 1.807) is 43.4 Å². The first-order valence-electron chi connectivity index (χ1n) is 7.26. The fourth-order valence-electron chi connectivity index (χ4n) is 2.07. The third-order valence-electron chi connectivity index (χ3n) is 3.27. The maximum atomic E-state index is 12.6. The first-order chi connectivity index (χ1) is 11.1. The number of hydrogen-bond acceptors (Lipinski definition) is 5. The van der Waals surface area contributed by atoms with Crippen LogP contribution in [0.1, 0.15) is 23.2 Å². The predicted molar refractivity (Wildman–Crippen MR) is 81.6 cm³/mol. The van der Waals surface area contributed by atoms with Crippen LogP contribution in [0.3, 0.4) is 0 Å². The second-order valence-electron chi connectivity index (χ2n) is 5.00. The summed E-state index contributed by atoms with van der Waals surface area (Å²) in [4.78, 5) is 26.1. The van der Waals surface area contributed by atoms with Gasteiger partial charge >= 0.3 is 0 Å². The Hall–Kier alpha value is -2.54. The quantitative estimate of drug-likeness (QED) is 0.799. The number of amides is 2. The highest BCUT2D eigenvalue weighted by molar-refractivity contribution is 5.95. The molecule has 2 amide bonds. The lowest BCUT2D eigenvalue weighted by atomic mass is 10.2. The molecule has 1 atom stereocenters. The van der Waals surface area contributed by atoms with Crippen LogP contribution in [0.5, 0.6) is 0 Å². The molecule has 7 nitrogen and oxygen atoms in total. The molecular weight excluding hydrogens is 300 g/mol. The lowest BCUT2D eigenvalue weighted by molar-refractivity contribution is -0.134. The molecule has 0 aliphatic rings. The van der Waals surface area contributed by atoms with E-state index in [-0.39, 0.29) is 11.7 Å². The van der Waals surface area contributed by atoms with Crippen LogP contribution in [-0.4, -0.2) is 43.0 Å². The fraction of sp³-hybridized carbons (Fsp3) is 0.375. The van der Waals surface area contributed by atoms with Gasteiger partial charge in [-0.05, 0) is 31.2 Å². The van der Waals surface area contributed by atoms with Gasteiger partial charge in [0.1, 0.15) is 11.8 Å². The molecule has 0 bridgehead atoms. The molecule has 0 fully saturated rings. The van der Waals surface area contributed by atoms with E-state index in [4.69, 9.17) is 13.6 Å². The van der Waals surface area contributed by atoms with E-state index in [1.807, 2.05) is 0 Å². The highest BCUT2D eigenvalue weighted by Crippen LogP contribution is 2.08. The van der Waals surface area contributed by atoms with E-state index in [2.05, 4.69) is 5.32 Å². The van der Waals surface area contributed by atoms with Crippen molar-refractivity contribution in [1.82, 2.24) is 10.2 Å². The summed E-state index contributed by atoms with van der Waals surface area (Å²) in [7, 11) is 1.57. The van der Waals surface area contributed by atoms with E-state index in [1.165, 1.54) is 12.3 Å². The van der Waals surface area contributed by atoms with E-state index < -0.39 is 11.9 Å². The molecule has 0 saturated heterocycles. The summed E-state index contributed by atoms with van der Waals surface area (Å²) in [5.41, 5.74) is 0. The Balaban J connectivity index is 1.98. The molecule has 124 valence electrons. The fourth-order valence-corrected chi connectivity index (χ4v) is 2.07. The summed E-state index contributed by atoms with van der Waals surface area (Å²) < 4.78 is 15.3. The third-order valence-corrected chi connectivity index (χ3v) is 3.27. The van der Waals surface area contributed by atoms with Gasteiger partial charge in [0.15, 0.2) is 5.76 Å². The van der Waals surface area contributed by atoms with E-state index in [0.717, 1.165) is 0 Å². The molecule has 0 saturated carbocycles. The van der Waals surface area contributed by atoms with Gasteiger partial charge in [0, 0.05) is 13.7 Å². The van der Waals surface area contributed by atoms with Crippen LogP contribution < -0.4 is 5.32 Å². The maximum absolute atomic E-state index is 12.6. The van der Waals surface area contributed by atoms with Gasteiger partial charge in [-0.25, -0.2) is 0 Å². The zero-order chi connectivity index (χ0) is 16.7. The molecule has 1 unspecified atom stereocenters. The smallest absolute Gasteiger partial charge is 0.287 e. The lowest BCUT2D eigenvalue weighted by Gasteiger charge is -2.25. The molecule has 2 rings (SSSR count). The monoisotopic (exact) mass is 320 g/mol. The molecular formula is C16H20N2O5. The maximum Gasteiger partial charge on any atom is 0.287 e. The number of ether oxygens (including phenoxy) is 1. The molecule has 2 aromatic rings. The van der Waals surface area contributed by atoms with E-state index in [0.29, 0.717) is 25.5 Å². The first-order valence-corrected chi connectivity index (χ1v) is 7.26. The molecule has 0 aromatic carbocycles. The van der Waals surface area contributed by atoms with E-state index >= 15 is 0 Å². The Kier molecular flexibility index (Phi) is 5.99. The molecule has 23 heavy (non-hydrogen) atoms. The average Bonchev–Trinajstić information content (AvgIpc) is 3.23. The summed E-state index contributed by atoms with van der Waals surface area (Å²) in [5.74, 6) is 0.178. The molecule has 1 N–H and O–H groups in total. The minimum absolute atomic E-state index is 0.166. The van der Waals surface area contributed by atoms with Crippen LogP contribution in [0.15, 0.2) is 45.6 Å². The van der Waals surface area contributed by atoms with Crippen molar-refractivity contribution < 1.29 is 23.2 Å². The molecule has 0 radical (unpaired) electrons. The summed E-state index contributed by atoms with van der Waals surface area (Å²) in [6.45, 7) is 2.74. The SMILES string of the molecule is COCCN(Cc1ccco1)C(=O)C(C)NC(=O)c1ccco1. The van der Waals surface area contributed by atoms with Gasteiger partial charge < -0.3 is 23.8 Å². The van der Waals surface area contributed by atoms with Gasteiger partial charge in [0.05, 0.1) is 25.7 Å². The van der Waals surface area contributed by atoms with Crippen LogP contribution in [-0.2, 0) is 16.1 Å². The number of furan rings is 2. The molecule has 2 aromatic heterocycles. The van der Waals surface area contributed by atoms with Crippen molar-refractivity contribution in [2.45, 2.75) is 19.5 Å². The normalized spacial score (nSPS) is 11.9. The second kappa shape index (κ2) is 8.19. The number of carbonyl (C=O) groups is 2. The third kappa shape index (κ3) is 4.72. The van der Waals surface area contributed by atoms with Crippen molar-refractivity contribution in [3.05, 3.63) is 48.3 Å². The van der Waals surface area contributed by atoms with Gasteiger partial charge in [0.2, 0.25) is 5.91 Å². The molecule has 7 heteroatoms. The number of nitrogens with one attached hydrogen (secondary N) is 1. The zero-order valence-corrected chi connectivity index (χ0v) is 13.2. The highest BCUT2D eigenvalue weighted by Gasteiger charge is 2.24. The molecule has 0 aliphatic carbocycles. The number of nitrogens with zero attached hydrogens (tertiary/aromatic N) is 1. The Labute approximate surface area is 134 Å². The standard InChI is InChI=1S/C16H20N2O5/c1-12(17-15(19)14-6-4-9-23-14)16(20)18(7-10-21-2)11-13-5-3-8-22-13/h3-6,8-9,12H,7,10-11H2,1-2H3,(H,17,19). The summed E-state index contributed by atoms with van der Waals surface area (Å²) in [6, 6.07) is 6.01. The second-order valence-corrected chi connectivity index (χ2v) is 5.00. The van der Waals surface area contributed by atoms with Gasteiger partial charge in [-0.1, -0.05) is 0 Å². The minimum atomic E-state index is -0.695. The number of carbonyl (C=O) groups excluding carboxylic acids is 2. The summed E-state index contributed by atoms with van der Waals surface area (Å²) in [6.07, 6.45) is 2.96. The molecule has 0 spiro atoms. The van der Waals surface area contributed by atoms with Gasteiger partial charge in [-0.15, -0.1) is 0 Å². The Morgan fingerprint density at radius 1 is 1.26 bits per heavy atom. The van der Waals surface area contributed by atoms with Crippen molar-refractivity contribution >= 4 is 11.8 Å². The zero-order valence-electron chi connectivity index (χ0n) is 13.2. The average molecular weight is 320 g/mol. The molecule has 0 aliphatic heterocycles. The van der Waals surface area contributed by atoms with Gasteiger partial charge in [0.25, 0.3) is 5.91 Å². The van der Waals surface area contributed by atoms with Crippen LogP contribution in [0, 0.1) is 0 Å². The van der Waals surface area contributed by atoms with Crippen molar-refractivity contribution in [1.29, 1.82) is 0 Å². The number of hydrogen-bond donors (Lipinski definition) is 1. The van der Waals surface area contributed by atoms with Crippen molar-refractivity contribution in [2.24, 2.45) is 0 Å². The topological polar surface area (TPSA) is 84.9 Å². The van der Waals surface area contributed by atoms with Crippen LogP contribution in [0.25, 0.3) is 0 Å². The van der Waals surface area contributed by atoms with E-state index in [9.17, 15) is 9.59 Å². The summed E-state index contributed by atoms with van der Waals surface area (Å²) >= 11 is 0. The molecule has 2 heterocycles. The van der Waals surface area contributed by atoms with Crippen LogP contribution in [0.2, 0.25) is 0 Å². The highest BCUT2D eigenvalue weighted by atomic mass is 16.5. The van der Waals surface area contributed by atoms with Crippen molar-refractivity contribution in [2.75, 3.05) is 20.3 Å². The summed E-state index contributed by atoms with van der Waals surface area (Å²) in [5, 5.41) is 2.62. The Bertz CT molecular complexity index is 606. The first kappa shape index (κ1) is 16.8. The largest absolute Gasteiger partial charge is 0.467 e. The number of methoxy groups -OCH3 is 1. The Morgan fingerprint density at radius 3 is 2.61 bits per heavy atom. The van der Waals surface area contributed by atoms with Gasteiger partial charge in [-0.2, -0.15) is 0 Å². The minimum Gasteiger partial charge on any atom is -0.467 e. The number of rotatable bonds is 8. The van der Waals surface area contributed by atoms with Crippen LogP contribution in [0.4, 0.5) is 0 Å². The van der Waals surface area contributed by atoms with Crippen molar-refractivity contribution in [3.63, 3.8) is 0 Å². The van der Waals surface area contributed by atoms with Gasteiger partial charge in [-0.3, -0.25) is 9.59 Å². The van der Waals surface area contributed by atoms with Crippen molar-refractivity contribution in [3.8, 4) is 0 Å². The van der Waals surface area contributed by atoms with Crippen LogP contribution >= 0.6 is 0 Å². The lowest BCUT2D eigenvalue weighted by Crippen LogP contribution is -2.47. The predicted octanol–water partition coefficient (Wildman–Crippen LogP) is 1.67.